The highest BCUT2D eigenvalue weighted by Gasteiger charge is 2.37. The molecule has 5 nitrogen and oxygen atoms in total. The van der Waals surface area contributed by atoms with Crippen molar-refractivity contribution >= 4 is 23.4 Å². The quantitative estimate of drug-likeness (QED) is 0.763. The van der Waals surface area contributed by atoms with Crippen molar-refractivity contribution in [2.24, 2.45) is 0 Å². The number of amides is 2. The lowest BCUT2D eigenvalue weighted by molar-refractivity contribution is -0.144. The van der Waals surface area contributed by atoms with E-state index in [0.717, 1.165) is 36.9 Å². The van der Waals surface area contributed by atoms with Gasteiger partial charge in [0.25, 0.3) is 0 Å². The lowest BCUT2D eigenvalue weighted by Crippen LogP contribution is -2.51. The van der Waals surface area contributed by atoms with Crippen molar-refractivity contribution in [2.75, 3.05) is 6.54 Å². The van der Waals surface area contributed by atoms with Crippen LogP contribution < -0.4 is 5.32 Å². The largest absolute Gasteiger partial charge is 0.351 e. The van der Waals surface area contributed by atoms with Crippen molar-refractivity contribution in [3.8, 4) is 0 Å². The van der Waals surface area contributed by atoms with Gasteiger partial charge in [-0.05, 0) is 49.1 Å². The minimum absolute atomic E-state index is 0.00881. The Bertz CT molecular complexity index is 869. The zero-order chi connectivity index (χ0) is 20.9. The first kappa shape index (κ1) is 21.0. The first-order valence-corrected chi connectivity index (χ1v) is 11.5. The number of hydrogen-bond donors (Lipinski definition) is 1. The van der Waals surface area contributed by atoms with Gasteiger partial charge in [0.1, 0.15) is 6.54 Å². The molecule has 1 aromatic heterocycles. The van der Waals surface area contributed by atoms with Crippen LogP contribution in [0.2, 0.25) is 5.02 Å². The number of nitrogens with one attached hydrogen (secondary N) is 1. The molecule has 1 aromatic carbocycles. The number of carbonyl (C=O) groups is 2. The van der Waals surface area contributed by atoms with Crippen molar-refractivity contribution < 1.29 is 9.59 Å². The molecule has 1 aliphatic carbocycles. The molecular weight excluding hydrogens is 398 g/mol. The van der Waals surface area contributed by atoms with Gasteiger partial charge >= 0.3 is 0 Å². The molecule has 1 atom stereocenters. The summed E-state index contributed by atoms with van der Waals surface area (Å²) in [5.74, 6) is -0.0600. The van der Waals surface area contributed by atoms with E-state index in [-0.39, 0.29) is 24.4 Å². The summed E-state index contributed by atoms with van der Waals surface area (Å²) in [5.41, 5.74) is 2.00. The molecule has 4 rings (SSSR count). The Labute approximate surface area is 183 Å². The van der Waals surface area contributed by atoms with Crippen LogP contribution in [0, 0.1) is 0 Å². The van der Waals surface area contributed by atoms with Crippen LogP contribution in [0.4, 0.5) is 0 Å². The highest BCUT2D eigenvalue weighted by atomic mass is 35.5. The van der Waals surface area contributed by atoms with Gasteiger partial charge in [0.05, 0.1) is 5.69 Å². The zero-order valence-electron chi connectivity index (χ0n) is 17.4. The van der Waals surface area contributed by atoms with Crippen LogP contribution in [-0.4, -0.2) is 33.9 Å². The van der Waals surface area contributed by atoms with E-state index >= 15 is 0 Å². The number of benzene rings is 1. The van der Waals surface area contributed by atoms with E-state index in [0.29, 0.717) is 18.0 Å². The first-order chi connectivity index (χ1) is 14.6. The second-order valence-corrected chi connectivity index (χ2v) is 8.91. The molecule has 0 saturated heterocycles. The maximum atomic E-state index is 13.4. The number of carbonyl (C=O) groups excluding carboxylic acids is 2. The van der Waals surface area contributed by atoms with Crippen LogP contribution in [-0.2, 0) is 22.6 Å². The van der Waals surface area contributed by atoms with Crippen molar-refractivity contribution in [3.63, 3.8) is 0 Å². The molecule has 2 aromatic rings. The summed E-state index contributed by atoms with van der Waals surface area (Å²) in [5, 5.41) is 3.98. The predicted molar refractivity (Wildman–Crippen MR) is 118 cm³/mol. The maximum Gasteiger partial charge on any atom is 0.249 e. The van der Waals surface area contributed by atoms with Gasteiger partial charge in [-0.2, -0.15) is 0 Å². The molecule has 2 aliphatic rings. The molecule has 2 amide bonds. The van der Waals surface area contributed by atoms with E-state index in [2.05, 4.69) is 5.32 Å². The summed E-state index contributed by atoms with van der Waals surface area (Å²) in [7, 11) is 0. The molecule has 30 heavy (non-hydrogen) atoms. The standard InChI is InChI=1S/C24H30ClN3O2/c25-19-12-10-18(11-13-19)14-16-28-22(29)17-27-15-6-9-21(27)23(28)24(30)26-20-7-4-2-1-3-5-8-20/h6,9-13,15,20,23H,1-5,7-8,14,16-17H2,(H,26,30). The van der Waals surface area contributed by atoms with Gasteiger partial charge in [-0.25, -0.2) is 0 Å². The molecule has 0 spiro atoms. The Morgan fingerprint density at radius 3 is 2.47 bits per heavy atom. The number of rotatable bonds is 5. The second-order valence-electron chi connectivity index (χ2n) is 8.48. The lowest BCUT2D eigenvalue weighted by atomic mass is 9.96. The number of hydrogen-bond acceptors (Lipinski definition) is 2. The molecule has 6 heteroatoms. The van der Waals surface area contributed by atoms with Gasteiger partial charge in [0.15, 0.2) is 6.04 Å². The van der Waals surface area contributed by atoms with Gasteiger partial charge in [0, 0.05) is 23.8 Å². The Hall–Kier alpha value is -2.27. The highest BCUT2D eigenvalue weighted by Crippen LogP contribution is 2.28. The summed E-state index contributed by atoms with van der Waals surface area (Å²) in [6.45, 7) is 0.796. The van der Waals surface area contributed by atoms with Gasteiger partial charge in [0.2, 0.25) is 11.8 Å². The third-order valence-electron chi connectivity index (χ3n) is 6.34. The predicted octanol–water partition coefficient (Wildman–Crippen LogP) is 4.50. The van der Waals surface area contributed by atoms with Crippen LogP contribution in [0.15, 0.2) is 42.6 Å². The molecule has 1 fully saturated rings. The van der Waals surface area contributed by atoms with Gasteiger partial charge in [-0.3, -0.25) is 9.59 Å². The Kier molecular flexibility index (Phi) is 6.78. The molecular formula is C24H30ClN3O2. The van der Waals surface area contributed by atoms with Crippen LogP contribution in [0.5, 0.6) is 0 Å². The van der Waals surface area contributed by atoms with Crippen LogP contribution in [0.25, 0.3) is 0 Å². The van der Waals surface area contributed by atoms with Crippen molar-refractivity contribution in [3.05, 3.63) is 58.9 Å². The fourth-order valence-corrected chi connectivity index (χ4v) is 4.80. The van der Waals surface area contributed by atoms with E-state index in [1.54, 1.807) is 4.90 Å². The normalized spacial score (nSPS) is 20.4. The van der Waals surface area contributed by atoms with Gasteiger partial charge in [-0.1, -0.05) is 55.8 Å². The fourth-order valence-electron chi connectivity index (χ4n) is 4.67. The Morgan fingerprint density at radius 2 is 1.73 bits per heavy atom. The summed E-state index contributed by atoms with van der Waals surface area (Å²) < 4.78 is 1.91. The van der Waals surface area contributed by atoms with Crippen molar-refractivity contribution in [2.45, 2.75) is 70.0 Å². The van der Waals surface area contributed by atoms with Gasteiger partial charge in [-0.15, -0.1) is 0 Å². The summed E-state index contributed by atoms with van der Waals surface area (Å²) in [6, 6.07) is 11.2. The maximum absolute atomic E-state index is 13.4. The van der Waals surface area contributed by atoms with Gasteiger partial charge < -0.3 is 14.8 Å². The topological polar surface area (TPSA) is 54.3 Å². The SMILES string of the molecule is O=C(NC1CCCCCCC1)C1c2cccn2CC(=O)N1CCc1ccc(Cl)cc1. The highest BCUT2D eigenvalue weighted by molar-refractivity contribution is 6.30. The minimum Gasteiger partial charge on any atom is -0.351 e. The van der Waals surface area contributed by atoms with E-state index < -0.39 is 6.04 Å². The van der Waals surface area contributed by atoms with Crippen molar-refractivity contribution in [1.29, 1.82) is 0 Å². The minimum atomic E-state index is -0.570. The van der Waals surface area contributed by atoms with E-state index in [9.17, 15) is 9.59 Å². The van der Waals surface area contributed by atoms with E-state index in [1.165, 1.54) is 19.3 Å². The van der Waals surface area contributed by atoms with Crippen molar-refractivity contribution in [1.82, 2.24) is 14.8 Å². The third kappa shape index (κ3) is 4.89. The molecule has 0 radical (unpaired) electrons. The smallest absolute Gasteiger partial charge is 0.249 e. The van der Waals surface area contributed by atoms with E-state index in [4.69, 9.17) is 11.6 Å². The average Bonchev–Trinajstić information content (AvgIpc) is 3.16. The second kappa shape index (κ2) is 9.69. The molecule has 2 heterocycles. The van der Waals surface area contributed by atoms with Crippen LogP contribution in [0.3, 0.4) is 0 Å². The summed E-state index contributed by atoms with van der Waals surface area (Å²) in [4.78, 5) is 28.1. The average molecular weight is 428 g/mol. The fraction of sp³-hybridized carbons (Fsp3) is 0.500. The van der Waals surface area contributed by atoms with Crippen LogP contribution >= 0.6 is 11.6 Å². The molecule has 1 aliphatic heterocycles. The monoisotopic (exact) mass is 427 g/mol. The molecule has 1 saturated carbocycles. The third-order valence-corrected chi connectivity index (χ3v) is 6.59. The summed E-state index contributed by atoms with van der Waals surface area (Å²) >= 11 is 5.99. The summed E-state index contributed by atoms with van der Waals surface area (Å²) in [6.07, 6.45) is 10.7. The molecule has 1 unspecified atom stereocenters. The number of aromatic nitrogens is 1. The Morgan fingerprint density at radius 1 is 1.03 bits per heavy atom. The molecule has 1 N–H and O–H groups in total. The molecule has 160 valence electrons. The first-order valence-electron chi connectivity index (χ1n) is 11.1. The lowest BCUT2D eigenvalue weighted by Gasteiger charge is -2.37. The number of fused-ring (bicyclic) bond motifs is 1. The number of halogens is 1. The molecule has 0 bridgehead atoms. The number of nitrogens with zero attached hydrogens (tertiary/aromatic N) is 2. The van der Waals surface area contributed by atoms with Crippen LogP contribution in [0.1, 0.15) is 62.2 Å². The Balaban J connectivity index is 1.50. The van der Waals surface area contributed by atoms with E-state index in [1.807, 2.05) is 47.2 Å². The zero-order valence-corrected chi connectivity index (χ0v) is 18.1.